The maximum atomic E-state index is 11.9. The van der Waals surface area contributed by atoms with Crippen LogP contribution in [0.1, 0.15) is 52.3 Å². The topological polar surface area (TPSA) is 54.5 Å². The van der Waals surface area contributed by atoms with E-state index in [2.05, 4.69) is 28.2 Å². The number of piperidine rings is 1. The quantitative estimate of drug-likeness (QED) is 0.932. The minimum absolute atomic E-state index is 0.134. The molecule has 5 heteroatoms. The van der Waals surface area contributed by atoms with Crippen LogP contribution in [-0.2, 0) is 4.74 Å². The normalized spacial score (nSPS) is 21.2. The number of likely N-dealkylation sites (tertiary alicyclic amines) is 1. The van der Waals surface area contributed by atoms with Crippen LogP contribution in [0.3, 0.4) is 0 Å². The van der Waals surface area contributed by atoms with Gasteiger partial charge in [-0.2, -0.15) is 0 Å². The van der Waals surface area contributed by atoms with E-state index in [1.165, 1.54) is 0 Å². The Bertz CT molecular complexity index is 484. The second kappa shape index (κ2) is 7.09. The summed E-state index contributed by atoms with van der Waals surface area (Å²) in [5.41, 5.74) is 0.611. The molecule has 1 amide bonds. The molecule has 5 nitrogen and oxygen atoms in total. The van der Waals surface area contributed by atoms with E-state index in [1.807, 2.05) is 39.1 Å². The average Bonchev–Trinajstić information content (AvgIpc) is 2.45. The summed E-state index contributed by atoms with van der Waals surface area (Å²) in [4.78, 5) is 18.7. The molecule has 122 valence electrons. The van der Waals surface area contributed by atoms with Gasteiger partial charge in [0.2, 0.25) is 0 Å². The van der Waals surface area contributed by atoms with Gasteiger partial charge in [0.15, 0.2) is 0 Å². The van der Waals surface area contributed by atoms with Crippen LogP contribution in [0.2, 0.25) is 0 Å². The molecule has 1 saturated heterocycles. The molecule has 0 spiro atoms. The van der Waals surface area contributed by atoms with Crippen LogP contribution in [0.5, 0.6) is 0 Å². The lowest BCUT2D eigenvalue weighted by molar-refractivity contribution is 0.0457. The van der Waals surface area contributed by atoms with Crippen molar-refractivity contribution in [3.63, 3.8) is 0 Å². The van der Waals surface area contributed by atoms with Crippen molar-refractivity contribution in [2.75, 3.05) is 13.1 Å². The standard InChI is InChI=1S/C17H27N3O2/c1-13(15-9-5-6-10-18-15)20-11-7-8-14(12-20)19-16(21)22-17(2,3)4/h5-6,9-10,13-14H,7-8,11-12H2,1-4H3,(H,19,21)/t13-,14+/m0/s1. The number of rotatable bonds is 3. The first-order valence-corrected chi connectivity index (χ1v) is 7.99. The third-order valence-electron chi connectivity index (χ3n) is 3.84. The maximum Gasteiger partial charge on any atom is 0.407 e. The van der Waals surface area contributed by atoms with Crippen molar-refractivity contribution in [2.24, 2.45) is 0 Å². The van der Waals surface area contributed by atoms with Crippen molar-refractivity contribution in [2.45, 2.75) is 58.2 Å². The largest absolute Gasteiger partial charge is 0.444 e. The van der Waals surface area contributed by atoms with Crippen molar-refractivity contribution >= 4 is 6.09 Å². The summed E-state index contributed by atoms with van der Waals surface area (Å²) in [5, 5.41) is 2.99. The van der Waals surface area contributed by atoms with E-state index in [0.29, 0.717) is 0 Å². The summed E-state index contributed by atoms with van der Waals surface area (Å²) < 4.78 is 5.34. The van der Waals surface area contributed by atoms with Gasteiger partial charge in [-0.05, 0) is 59.2 Å². The number of carbonyl (C=O) groups excluding carboxylic acids is 1. The highest BCUT2D eigenvalue weighted by atomic mass is 16.6. The Morgan fingerprint density at radius 3 is 2.86 bits per heavy atom. The summed E-state index contributed by atoms with van der Waals surface area (Å²) in [6.45, 7) is 9.66. The van der Waals surface area contributed by atoms with E-state index in [4.69, 9.17) is 4.74 Å². The molecule has 2 rings (SSSR count). The minimum Gasteiger partial charge on any atom is -0.444 e. The molecular formula is C17H27N3O2. The first-order chi connectivity index (χ1) is 10.3. The Kier molecular flexibility index (Phi) is 5.40. The van der Waals surface area contributed by atoms with E-state index in [-0.39, 0.29) is 18.2 Å². The number of aromatic nitrogens is 1. The fraction of sp³-hybridized carbons (Fsp3) is 0.647. The van der Waals surface area contributed by atoms with Crippen LogP contribution in [0.4, 0.5) is 4.79 Å². The van der Waals surface area contributed by atoms with Crippen LogP contribution in [-0.4, -0.2) is 40.7 Å². The molecule has 0 bridgehead atoms. The van der Waals surface area contributed by atoms with Crippen molar-refractivity contribution < 1.29 is 9.53 Å². The summed E-state index contributed by atoms with van der Waals surface area (Å²) in [5.74, 6) is 0. The summed E-state index contributed by atoms with van der Waals surface area (Å²) in [6.07, 6.45) is 3.55. The Morgan fingerprint density at radius 2 is 2.23 bits per heavy atom. The van der Waals surface area contributed by atoms with E-state index >= 15 is 0 Å². The monoisotopic (exact) mass is 305 g/mol. The fourth-order valence-electron chi connectivity index (χ4n) is 2.76. The smallest absolute Gasteiger partial charge is 0.407 e. The number of pyridine rings is 1. The van der Waals surface area contributed by atoms with E-state index < -0.39 is 5.60 Å². The van der Waals surface area contributed by atoms with Gasteiger partial charge in [-0.15, -0.1) is 0 Å². The molecule has 0 saturated carbocycles. The number of ether oxygens (including phenoxy) is 1. The van der Waals surface area contributed by atoms with Crippen molar-refractivity contribution in [3.8, 4) is 0 Å². The lowest BCUT2D eigenvalue weighted by Crippen LogP contribution is -2.49. The van der Waals surface area contributed by atoms with Crippen molar-refractivity contribution in [1.82, 2.24) is 15.2 Å². The first kappa shape index (κ1) is 16.7. The zero-order chi connectivity index (χ0) is 16.2. The average molecular weight is 305 g/mol. The minimum atomic E-state index is -0.459. The van der Waals surface area contributed by atoms with Crippen LogP contribution in [0.15, 0.2) is 24.4 Å². The number of alkyl carbamates (subject to hydrolysis) is 1. The first-order valence-electron chi connectivity index (χ1n) is 7.99. The van der Waals surface area contributed by atoms with Gasteiger partial charge in [-0.25, -0.2) is 4.79 Å². The molecule has 0 aromatic carbocycles. The Hall–Kier alpha value is -1.62. The highest BCUT2D eigenvalue weighted by Gasteiger charge is 2.27. The Balaban J connectivity index is 1.90. The highest BCUT2D eigenvalue weighted by Crippen LogP contribution is 2.22. The van der Waals surface area contributed by atoms with E-state index in [0.717, 1.165) is 31.6 Å². The van der Waals surface area contributed by atoms with Gasteiger partial charge in [0, 0.05) is 24.8 Å². The molecule has 0 aliphatic carbocycles. The Labute approximate surface area is 133 Å². The van der Waals surface area contributed by atoms with Gasteiger partial charge in [-0.3, -0.25) is 9.88 Å². The van der Waals surface area contributed by atoms with Crippen LogP contribution in [0.25, 0.3) is 0 Å². The number of nitrogens with zero attached hydrogens (tertiary/aromatic N) is 2. The summed E-state index contributed by atoms with van der Waals surface area (Å²) >= 11 is 0. The molecule has 2 heterocycles. The van der Waals surface area contributed by atoms with Gasteiger partial charge >= 0.3 is 6.09 Å². The zero-order valence-electron chi connectivity index (χ0n) is 14.0. The fourth-order valence-corrected chi connectivity index (χ4v) is 2.76. The van der Waals surface area contributed by atoms with E-state index in [1.54, 1.807) is 0 Å². The van der Waals surface area contributed by atoms with Gasteiger partial charge < -0.3 is 10.1 Å². The second-order valence-electron chi connectivity index (χ2n) is 6.91. The summed E-state index contributed by atoms with van der Waals surface area (Å²) in [7, 11) is 0. The predicted octanol–water partition coefficient (Wildman–Crippen LogP) is 3.13. The van der Waals surface area contributed by atoms with Crippen molar-refractivity contribution in [1.29, 1.82) is 0 Å². The molecule has 2 atom stereocenters. The third kappa shape index (κ3) is 4.98. The van der Waals surface area contributed by atoms with Gasteiger partial charge in [0.1, 0.15) is 5.60 Å². The second-order valence-corrected chi connectivity index (χ2v) is 6.91. The predicted molar refractivity (Wildman–Crippen MR) is 86.6 cm³/mol. The molecule has 1 aliphatic rings. The number of amides is 1. The van der Waals surface area contributed by atoms with Crippen LogP contribution in [0, 0.1) is 0 Å². The highest BCUT2D eigenvalue weighted by molar-refractivity contribution is 5.68. The maximum absolute atomic E-state index is 11.9. The van der Waals surface area contributed by atoms with Gasteiger partial charge in [0.25, 0.3) is 0 Å². The molecule has 1 fully saturated rings. The number of hydrogen-bond donors (Lipinski definition) is 1. The lowest BCUT2D eigenvalue weighted by Gasteiger charge is -2.37. The number of carbonyl (C=O) groups is 1. The van der Waals surface area contributed by atoms with Gasteiger partial charge in [-0.1, -0.05) is 6.07 Å². The lowest BCUT2D eigenvalue weighted by atomic mass is 10.0. The van der Waals surface area contributed by atoms with Gasteiger partial charge in [0.05, 0.1) is 5.69 Å². The SMILES string of the molecule is C[C@@H](c1ccccn1)N1CCC[C@@H](NC(=O)OC(C)(C)C)C1. The van der Waals surface area contributed by atoms with Crippen LogP contribution < -0.4 is 5.32 Å². The molecule has 22 heavy (non-hydrogen) atoms. The van der Waals surface area contributed by atoms with Crippen molar-refractivity contribution in [3.05, 3.63) is 30.1 Å². The molecule has 1 aromatic rings. The van der Waals surface area contributed by atoms with E-state index in [9.17, 15) is 4.79 Å². The number of nitrogens with one attached hydrogen (secondary N) is 1. The molecular weight excluding hydrogens is 278 g/mol. The Morgan fingerprint density at radius 1 is 1.45 bits per heavy atom. The molecule has 1 aromatic heterocycles. The molecule has 0 radical (unpaired) electrons. The van der Waals surface area contributed by atoms with Crippen LogP contribution >= 0.6 is 0 Å². The summed E-state index contributed by atoms with van der Waals surface area (Å²) in [6, 6.07) is 6.38. The zero-order valence-corrected chi connectivity index (χ0v) is 14.0. The third-order valence-corrected chi connectivity index (χ3v) is 3.84. The molecule has 1 aliphatic heterocycles. The molecule has 0 unspecified atom stereocenters. The molecule has 1 N–H and O–H groups in total. The number of hydrogen-bond acceptors (Lipinski definition) is 4.